The monoisotopic (exact) mass is 426 g/mol. The summed E-state index contributed by atoms with van der Waals surface area (Å²) in [6, 6.07) is 9.83. The van der Waals surface area contributed by atoms with E-state index in [0.717, 1.165) is 24.1 Å². The van der Waals surface area contributed by atoms with Gasteiger partial charge in [-0.25, -0.2) is 9.97 Å². The van der Waals surface area contributed by atoms with Crippen LogP contribution in [-0.4, -0.2) is 26.6 Å². The number of anilines is 1. The van der Waals surface area contributed by atoms with E-state index in [4.69, 9.17) is 0 Å². The first-order chi connectivity index (χ1) is 14.1. The lowest BCUT2D eigenvalue weighted by molar-refractivity contribution is -0.113. The quantitative estimate of drug-likeness (QED) is 0.463. The lowest BCUT2D eigenvalue weighted by atomic mass is 10.0. The number of thiazole rings is 1. The van der Waals surface area contributed by atoms with Gasteiger partial charge >= 0.3 is 0 Å². The number of aromatic nitrogens is 3. The Bertz CT molecular complexity index is 1050. The highest BCUT2D eigenvalue weighted by Crippen LogP contribution is 2.29. The van der Waals surface area contributed by atoms with Gasteiger partial charge in [-0.3, -0.25) is 9.59 Å². The van der Waals surface area contributed by atoms with Gasteiger partial charge in [0.15, 0.2) is 10.3 Å². The Morgan fingerprint density at radius 3 is 2.76 bits per heavy atom. The van der Waals surface area contributed by atoms with Crippen LogP contribution in [0.15, 0.2) is 40.3 Å². The molecule has 0 saturated heterocycles. The molecule has 150 valence electrons. The smallest absolute Gasteiger partial charge is 0.255 e. The first-order valence-corrected chi connectivity index (χ1v) is 11.4. The fraction of sp³-hybridized carbons (Fsp3) is 0.333. The van der Waals surface area contributed by atoms with Crippen molar-refractivity contribution in [3.05, 3.63) is 68.1 Å². The first-order valence-electron chi connectivity index (χ1n) is 9.63. The van der Waals surface area contributed by atoms with Crippen LogP contribution >= 0.6 is 23.1 Å². The minimum absolute atomic E-state index is 0.144. The number of hydrogen-bond donors (Lipinski definition) is 2. The van der Waals surface area contributed by atoms with Gasteiger partial charge in [-0.05, 0) is 38.2 Å². The summed E-state index contributed by atoms with van der Waals surface area (Å²) in [5, 5.41) is 3.99. The van der Waals surface area contributed by atoms with Crippen LogP contribution in [0.2, 0.25) is 0 Å². The van der Waals surface area contributed by atoms with Crippen molar-refractivity contribution in [2.45, 2.75) is 44.2 Å². The number of thioether (sulfide) groups is 1. The minimum atomic E-state index is -0.156. The van der Waals surface area contributed by atoms with E-state index in [1.165, 1.54) is 29.5 Å². The molecule has 2 heterocycles. The molecule has 2 aromatic heterocycles. The van der Waals surface area contributed by atoms with Crippen LogP contribution in [-0.2, 0) is 24.1 Å². The maximum atomic E-state index is 12.5. The summed E-state index contributed by atoms with van der Waals surface area (Å²) in [6.07, 6.45) is 4.94. The Labute approximate surface area is 177 Å². The van der Waals surface area contributed by atoms with Gasteiger partial charge < -0.3 is 10.3 Å². The Morgan fingerprint density at radius 2 is 2.00 bits per heavy atom. The molecule has 0 bridgehead atoms. The molecule has 8 heteroatoms. The molecule has 4 rings (SSSR count). The molecule has 1 aromatic carbocycles. The molecule has 1 amide bonds. The number of carbonyl (C=O) groups is 1. The van der Waals surface area contributed by atoms with Crippen molar-refractivity contribution < 1.29 is 4.79 Å². The summed E-state index contributed by atoms with van der Waals surface area (Å²) in [5.74, 6) is 0.0275. The number of aromatic amines is 1. The van der Waals surface area contributed by atoms with Crippen LogP contribution in [0.1, 0.15) is 40.2 Å². The number of carbonyl (C=O) groups excluding carboxylic acids is 1. The molecule has 1 aliphatic rings. The van der Waals surface area contributed by atoms with Crippen LogP contribution in [0.25, 0.3) is 0 Å². The highest BCUT2D eigenvalue weighted by Gasteiger charge is 2.17. The van der Waals surface area contributed by atoms with Crippen LogP contribution in [0.5, 0.6) is 0 Å². The Morgan fingerprint density at radius 1 is 1.21 bits per heavy atom. The highest BCUT2D eigenvalue weighted by atomic mass is 32.2. The van der Waals surface area contributed by atoms with E-state index in [2.05, 4.69) is 20.3 Å². The lowest BCUT2D eigenvalue weighted by Crippen LogP contribution is -2.19. The number of rotatable bonds is 6. The number of hydrogen-bond acceptors (Lipinski definition) is 6. The first kappa shape index (κ1) is 19.8. The van der Waals surface area contributed by atoms with Gasteiger partial charge in [0.1, 0.15) is 0 Å². The fourth-order valence-electron chi connectivity index (χ4n) is 3.36. The Balaban J connectivity index is 1.37. The summed E-state index contributed by atoms with van der Waals surface area (Å²) < 4.78 is 0. The summed E-state index contributed by atoms with van der Waals surface area (Å²) in [7, 11) is 0. The number of amides is 1. The van der Waals surface area contributed by atoms with Crippen molar-refractivity contribution in [3.8, 4) is 0 Å². The number of fused-ring (bicyclic) bond motifs is 1. The maximum absolute atomic E-state index is 12.5. The largest absolute Gasteiger partial charge is 0.301 e. The van der Waals surface area contributed by atoms with Crippen molar-refractivity contribution in [2.75, 3.05) is 11.1 Å². The van der Waals surface area contributed by atoms with Crippen molar-refractivity contribution >= 4 is 34.1 Å². The maximum Gasteiger partial charge on any atom is 0.255 e. The molecule has 0 unspecified atom stereocenters. The van der Waals surface area contributed by atoms with E-state index in [0.29, 0.717) is 28.0 Å². The van der Waals surface area contributed by atoms with Gasteiger partial charge in [0, 0.05) is 22.6 Å². The number of aryl methyl sites for hydroxylation is 3. The third-order valence-electron chi connectivity index (χ3n) is 4.86. The molecule has 0 atom stereocenters. The molecule has 6 nitrogen and oxygen atoms in total. The molecule has 3 aromatic rings. The normalized spacial score (nSPS) is 13.1. The predicted molar refractivity (Wildman–Crippen MR) is 117 cm³/mol. The molecule has 2 N–H and O–H groups in total. The van der Waals surface area contributed by atoms with Crippen molar-refractivity contribution in [1.82, 2.24) is 15.0 Å². The number of benzene rings is 1. The van der Waals surface area contributed by atoms with E-state index in [1.54, 1.807) is 11.3 Å². The SMILES string of the molecule is Cc1nc(SCC(=O)Nc2nc3c(s2)CCCC3)[nH]c(=O)c1Cc1ccccc1. The zero-order valence-corrected chi connectivity index (χ0v) is 17.8. The second kappa shape index (κ2) is 8.92. The highest BCUT2D eigenvalue weighted by molar-refractivity contribution is 7.99. The second-order valence-electron chi connectivity index (χ2n) is 7.03. The fourth-order valence-corrected chi connectivity index (χ4v) is 5.13. The van der Waals surface area contributed by atoms with Crippen LogP contribution in [0, 0.1) is 6.92 Å². The van der Waals surface area contributed by atoms with Gasteiger partial charge in [0.2, 0.25) is 5.91 Å². The molecule has 29 heavy (non-hydrogen) atoms. The van der Waals surface area contributed by atoms with Gasteiger partial charge in [-0.2, -0.15) is 0 Å². The van der Waals surface area contributed by atoms with E-state index < -0.39 is 0 Å². The average Bonchev–Trinajstić information content (AvgIpc) is 3.12. The number of nitrogens with zero attached hydrogens (tertiary/aromatic N) is 2. The molecule has 0 saturated carbocycles. The third-order valence-corrected chi connectivity index (χ3v) is 6.80. The standard InChI is InChI=1S/C21H22N4O2S2/c1-13-15(11-14-7-3-2-4-8-14)19(27)25-20(22-13)28-12-18(26)24-21-23-16-9-5-6-10-17(16)29-21/h2-4,7-8H,5-6,9-12H2,1H3,(H,22,25,27)(H,23,24,26). The Hall–Kier alpha value is -2.45. The van der Waals surface area contributed by atoms with Crippen LogP contribution in [0.4, 0.5) is 5.13 Å². The lowest BCUT2D eigenvalue weighted by Gasteiger charge is -2.07. The van der Waals surface area contributed by atoms with E-state index in [1.807, 2.05) is 37.3 Å². The molecule has 0 aliphatic heterocycles. The number of nitrogens with one attached hydrogen (secondary N) is 2. The minimum Gasteiger partial charge on any atom is -0.301 e. The molecular weight excluding hydrogens is 404 g/mol. The summed E-state index contributed by atoms with van der Waals surface area (Å²) in [5.41, 5.74) is 3.37. The zero-order valence-electron chi connectivity index (χ0n) is 16.2. The predicted octanol–water partition coefficient (Wildman–Crippen LogP) is 3.74. The van der Waals surface area contributed by atoms with E-state index in [-0.39, 0.29) is 17.2 Å². The van der Waals surface area contributed by atoms with E-state index >= 15 is 0 Å². The summed E-state index contributed by atoms with van der Waals surface area (Å²) >= 11 is 2.79. The Kier molecular flexibility index (Phi) is 6.10. The third kappa shape index (κ3) is 4.94. The topological polar surface area (TPSA) is 87.7 Å². The zero-order chi connectivity index (χ0) is 20.2. The summed E-state index contributed by atoms with van der Waals surface area (Å²) in [6.45, 7) is 1.83. The van der Waals surface area contributed by atoms with Crippen molar-refractivity contribution in [3.63, 3.8) is 0 Å². The number of H-pyrrole nitrogens is 1. The van der Waals surface area contributed by atoms with Gasteiger partial charge in [-0.15, -0.1) is 11.3 Å². The van der Waals surface area contributed by atoms with Gasteiger partial charge in [0.05, 0.1) is 11.4 Å². The molecule has 0 radical (unpaired) electrons. The van der Waals surface area contributed by atoms with Gasteiger partial charge in [-0.1, -0.05) is 42.1 Å². The van der Waals surface area contributed by atoms with Crippen LogP contribution < -0.4 is 10.9 Å². The molecule has 1 aliphatic carbocycles. The van der Waals surface area contributed by atoms with Crippen molar-refractivity contribution in [1.29, 1.82) is 0 Å². The summed E-state index contributed by atoms with van der Waals surface area (Å²) in [4.78, 5) is 37.9. The molecular formula is C21H22N4O2S2. The molecule has 0 fully saturated rings. The van der Waals surface area contributed by atoms with Gasteiger partial charge in [0.25, 0.3) is 5.56 Å². The van der Waals surface area contributed by atoms with Crippen molar-refractivity contribution in [2.24, 2.45) is 0 Å². The molecule has 0 spiro atoms. The van der Waals surface area contributed by atoms with E-state index in [9.17, 15) is 9.59 Å². The second-order valence-corrected chi connectivity index (χ2v) is 9.08. The van der Waals surface area contributed by atoms with Crippen LogP contribution in [0.3, 0.4) is 0 Å². The average molecular weight is 427 g/mol.